The van der Waals surface area contributed by atoms with Crippen molar-refractivity contribution >= 4 is 5.69 Å². The summed E-state index contributed by atoms with van der Waals surface area (Å²) < 4.78 is 5.35. The Morgan fingerprint density at radius 2 is 2.00 bits per heavy atom. The van der Waals surface area contributed by atoms with Crippen LogP contribution in [0.25, 0.3) is 0 Å². The van der Waals surface area contributed by atoms with E-state index in [2.05, 4.69) is 9.97 Å². The largest absolute Gasteiger partial charge is 0.426 e. The van der Waals surface area contributed by atoms with Gasteiger partial charge in [0.1, 0.15) is 5.75 Å². The van der Waals surface area contributed by atoms with Gasteiger partial charge in [-0.1, -0.05) is 0 Å². The molecule has 66 valence electrons. The Labute approximate surface area is 75.4 Å². The second-order valence-electron chi connectivity index (χ2n) is 2.57. The molecule has 0 aliphatic carbocycles. The number of aromatic nitrogens is 2. The molecule has 1 aromatic carbocycles. The van der Waals surface area contributed by atoms with Gasteiger partial charge >= 0.3 is 0 Å². The predicted octanol–water partition coefficient (Wildman–Crippen LogP) is 1.78. The van der Waals surface area contributed by atoms with Crippen molar-refractivity contribution in [2.45, 2.75) is 0 Å². The Balaban J connectivity index is 2.15. The molecule has 0 aliphatic heterocycles. The lowest BCUT2D eigenvalue weighted by Gasteiger charge is -2.00. The van der Waals surface area contributed by atoms with Gasteiger partial charge in [-0.15, -0.1) is 0 Å². The van der Waals surface area contributed by atoms with E-state index in [-0.39, 0.29) is 0 Å². The number of nitrogen functional groups attached to an aromatic ring is 1. The number of nitrogens with zero attached hydrogens (tertiary/aromatic N) is 1. The van der Waals surface area contributed by atoms with E-state index in [1.54, 1.807) is 36.7 Å². The first-order valence-electron chi connectivity index (χ1n) is 3.87. The molecule has 2 aromatic rings. The molecule has 0 aliphatic rings. The summed E-state index contributed by atoms with van der Waals surface area (Å²) in [5.41, 5.74) is 6.24. The summed E-state index contributed by atoms with van der Waals surface area (Å²) in [6.45, 7) is 0. The van der Waals surface area contributed by atoms with Crippen LogP contribution in [-0.4, -0.2) is 9.97 Å². The molecule has 0 unspecified atom stereocenters. The first-order valence-corrected chi connectivity index (χ1v) is 3.87. The molecule has 3 N–H and O–H groups in total. The lowest BCUT2D eigenvalue weighted by atomic mass is 10.3. The van der Waals surface area contributed by atoms with Crippen LogP contribution in [0.15, 0.2) is 36.7 Å². The quantitative estimate of drug-likeness (QED) is 0.684. The Bertz CT molecular complexity index is 366. The SMILES string of the molecule is Nc1ccc(Oc2ncc[nH]2)cc1. The van der Waals surface area contributed by atoms with Crippen LogP contribution in [0, 0.1) is 0 Å². The first-order chi connectivity index (χ1) is 6.34. The van der Waals surface area contributed by atoms with Gasteiger partial charge in [0.15, 0.2) is 0 Å². The van der Waals surface area contributed by atoms with Crippen molar-refractivity contribution in [2.24, 2.45) is 0 Å². The Kier molecular flexibility index (Phi) is 1.88. The number of imidazole rings is 1. The van der Waals surface area contributed by atoms with Crippen molar-refractivity contribution in [3.05, 3.63) is 36.7 Å². The van der Waals surface area contributed by atoms with Gasteiger partial charge in [0.25, 0.3) is 6.01 Å². The van der Waals surface area contributed by atoms with Gasteiger partial charge < -0.3 is 15.5 Å². The van der Waals surface area contributed by atoms with Crippen molar-refractivity contribution in [1.82, 2.24) is 9.97 Å². The third-order valence-corrected chi connectivity index (χ3v) is 1.57. The highest BCUT2D eigenvalue weighted by Crippen LogP contribution is 2.18. The van der Waals surface area contributed by atoms with Crippen LogP contribution in [0.3, 0.4) is 0 Å². The number of rotatable bonds is 2. The molecule has 0 bridgehead atoms. The molecular weight excluding hydrogens is 166 g/mol. The molecule has 4 heteroatoms. The first kappa shape index (κ1) is 7.67. The summed E-state index contributed by atoms with van der Waals surface area (Å²) in [6, 6.07) is 7.61. The van der Waals surface area contributed by atoms with Gasteiger partial charge in [-0.05, 0) is 24.3 Å². The van der Waals surface area contributed by atoms with Gasteiger partial charge in [0.05, 0.1) is 0 Å². The molecule has 0 spiro atoms. The van der Waals surface area contributed by atoms with E-state index in [0.717, 1.165) is 0 Å². The average molecular weight is 175 g/mol. The molecule has 0 atom stereocenters. The van der Waals surface area contributed by atoms with Crippen LogP contribution < -0.4 is 10.5 Å². The highest BCUT2D eigenvalue weighted by Gasteiger charge is 1.96. The number of anilines is 1. The number of nitrogens with two attached hydrogens (primary N) is 1. The fourth-order valence-corrected chi connectivity index (χ4v) is 0.954. The van der Waals surface area contributed by atoms with E-state index in [0.29, 0.717) is 17.4 Å². The molecule has 13 heavy (non-hydrogen) atoms. The van der Waals surface area contributed by atoms with Crippen LogP contribution >= 0.6 is 0 Å². The van der Waals surface area contributed by atoms with Crippen LogP contribution in [0.2, 0.25) is 0 Å². The van der Waals surface area contributed by atoms with Gasteiger partial charge in [-0.3, -0.25) is 0 Å². The number of hydrogen-bond donors (Lipinski definition) is 2. The molecular formula is C9H9N3O. The maximum Gasteiger partial charge on any atom is 0.299 e. The Hall–Kier alpha value is -1.97. The zero-order chi connectivity index (χ0) is 9.10. The minimum atomic E-state index is 0.477. The van der Waals surface area contributed by atoms with E-state index in [1.165, 1.54) is 0 Å². The minimum Gasteiger partial charge on any atom is -0.426 e. The Morgan fingerprint density at radius 1 is 1.23 bits per heavy atom. The molecule has 4 nitrogen and oxygen atoms in total. The zero-order valence-corrected chi connectivity index (χ0v) is 6.90. The van der Waals surface area contributed by atoms with Crippen LogP contribution in [0.1, 0.15) is 0 Å². The molecule has 0 saturated heterocycles. The number of benzene rings is 1. The lowest BCUT2D eigenvalue weighted by Crippen LogP contribution is -1.87. The molecule has 1 heterocycles. The highest BCUT2D eigenvalue weighted by atomic mass is 16.5. The van der Waals surface area contributed by atoms with E-state index >= 15 is 0 Å². The maximum absolute atomic E-state index is 5.52. The summed E-state index contributed by atoms with van der Waals surface area (Å²) in [6.07, 6.45) is 3.33. The van der Waals surface area contributed by atoms with Crippen molar-refractivity contribution < 1.29 is 4.74 Å². The summed E-state index contributed by atoms with van der Waals surface area (Å²) in [5.74, 6) is 0.712. The fraction of sp³-hybridized carbons (Fsp3) is 0. The van der Waals surface area contributed by atoms with E-state index < -0.39 is 0 Å². The van der Waals surface area contributed by atoms with Crippen LogP contribution in [0.4, 0.5) is 5.69 Å². The number of H-pyrrole nitrogens is 1. The monoisotopic (exact) mass is 175 g/mol. The topological polar surface area (TPSA) is 63.9 Å². The van der Waals surface area contributed by atoms with Crippen molar-refractivity contribution in [3.8, 4) is 11.8 Å². The molecule has 1 aromatic heterocycles. The average Bonchev–Trinajstić information content (AvgIpc) is 2.62. The summed E-state index contributed by atoms with van der Waals surface area (Å²) in [5, 5.41) is 0. The smallest absolute Gasteiger partial charge is 0.299 e. The second kappa shape index (κ2) is 3.18. The van der Waals surface area contributed by atoms with Gasteiger partial charge in [-0.25, -0.2) is 4.98 Å². The van der Waals surface area contributed by atoms with Gasteiger partial charge in [0.2, 0.25) is 0 Å². The standard InChI is InChI=1S/C9H9N3O/c10-7-1-3-8(4-2-7)13-9-11-5-6-12-9/h1-6H,10H2,(H,11,12). The van der Waals surface area contributed by atoms with E-state index in [4.69, 9.17) is 10.5 Å². The fourth-order valence-electron chi connectivity index (χ4n) is 0.954. The number of nitrogens with one attached hydrogen (secondary N) is 1. The highest BCUT2D eigenvalue weighted by molar-refractivity contribution is 5.42. The molecule has 0 fully saturated rings. The molecule has 0 radical (unpaired) electrons. The second-order valence-corrected chi connectivity index (χ2v) is 2.57. The number of hydrogen-bond acceptors (Lipinski definition) is 3. The lowest BCUT2D eigenvalue weighted by molar-refractivity contribution is 0.447. The van der Waals surface area contributed by atoms with Crippen LogP contribution in [0.5, 0.6) is 11.8 Å². The summed E-state index contributed by atoms with van der Waals surface area (Å²) in [4.78, 5) is 6.76. The molecule has 2 rings (SSSR count). The third kappa shape index (κ3) is 1.79. The Morgan fingerprint density at radius 3 is 2.62 bits per heavy atom. The third-order valence-electron chi connectivity index (χ3n) is 1.57. The van der Waals surface area contributed by atoms with Crippen LogP contribution in [-0.2, 0) is 0 Å². The minimum absolute atomic E-state index is 0.477. The van der Waals surface area contributed by atoms with Gasteiger partial charge in [0, 0.05) is 18.1 Å². The normalized spacial score (nSPS) is 9.85. The number of ether oxygens (including phenoxy) is 1. The summed E-state index contributed by atoms with van der Waals surface area (Å²) >= 11 is 0. The predicted molar refractivity (Wildman–Crippen MR) is 49.5 cm³/mol. The van der Waals surface area contributed by atoms with Crippen molar-refractivity contribution in [2.75, 3.05) is 5.73 Å². The summed E-state index contributed by atoms with van der Waals surface area (Å²) in [7, 11) is 0. The van der Waals surface area contributed by atoms with E-state index in [9.17, 15) is 0 Å². The van der Waals surface area contributed by atoms with E-state index in [1.807, 2.05) is 0 Å². The maximum atomic E-state index is 5.52. The molecule has 0 saturated carbocycles. The van der Waals surface area contributed by atoms with Crippen molar-refractivity contribution in [1.29, 1.82) is 0 Å². The zero-order valence-electron chi connectivity index (χ0n) is 6.90. The van der Waals surface area contributed by atoms with Crippen molar-refractivity contribution in [3.63, 3.8) is 0 Å². The molecule has 0 amide bonds. The number of aromatic amines is 1. The van der Waals surface area contributed by atoms with Gasteiger partial charge in [-0.2, -0.15) is 0 Å².